The second-order valence-corrected chi connectivity index (χ2v) is 15.8. The van der Waals surface area contributed by atoms with Gasteiger partial charge >= 0.3 is 12.1 Å². The van der Waals surface area contributed by atoms with Crippen molar-refractivity contribution >= 4 is 58.7 Å². The fourth-order valence-corrected chi connectivity index (χ4v) is 8.02. The van der Waals surface area contributed by atoms with Gasteiger partial charge < -0.3 is 63.0 Å². The molecule has 1 aromatic carbocycles. The molecule has 0 bridgehead atoms. The number of carbonyl (C=O) groups is 6. The maximum absolute atomic E-state index is 14.1. The van der Waals surface area contributed by atoms with E-state index in [4.69, 9.17) is 28.4 Å². The molecule has 352 valence electrons. The fraction of sp³-hybridized carbons (Fsp3) is 0.455. The van der Waals surface area contributed by atoms with Crippen molar-refractivity contribution in [2.75, 3.05) is 60.9 Å². The summed E-state index contributed by atoms with van der Waals surface area (Å²) in [5.41, 5.74) is 1.00. The smallest absolute Gasteiger partial charge is 0.416 e. The Morgan fingerprint density at radius 2 is 1.62 bits per heavy atom. The molecule has 66 heavy (non-hydrogen) atoms. The van der Waals surface area contributed by atoms with Crippen LogP contribution < -0.4 is 30.3 Å². The number of carbonyl (C=O) groups excluding carboxylic acids is 6. The van der Waals surface area contributed by atoms with Crippen molar-refractivity contribution in [3.8, 4) is 11.5 Å². The van der Waals surface area contributed by atoms with E-state index in [1.165, 1.54) is 50.2 Å². The van der Waals surface area contributed by atoms with E-state index < -0.39 is 42.4 Å². The fourth-order valence-electron chi connectivity index (χ4n) is 8.02. The molecule has 3 aliphatic rings. The van der Waals surface area contributed by atoms with E-state index in [9.17, 15) is 28.8 Å². The van der Waals surface area contributed by atoms with Gasteiger partial charge in [-0.3, -0.25) is 19.2 Å². The van der Waals surface area contributed by atoms with E-state index in [0.29, 0.717) is 31.7 Å². The Balaban J connectivity index is 0.971. The summed E-state index contributed by atoms with van der Waals surface area (Å²) >= 11 is 0. The highest BCUT2D eigenvalue weighted by Gasteiger charge is 2.48. The van der Waals surface area contributed by atoms with Gasteiger partial charge in [-0.25, -0.2) is 24.5 Å². The van der Waals surface area contributed by atoms with Crippen LogP contribution in [0.5, 0.6) is 11.5 Å². The Kier molecular flexibility index (Phi) is 14.7. The summed E-state index contributed by atoms with van der Waals surface area (Å²) in [4.78, 5) is 91.0. The van der Waals surface area contributed by atoms with E-state index in [-0.39, 0.29) is 96.2 Å². The maximum Gasteiger partial charge on any atom is 0.416 e. The Labute approximate surface area is 380 Å². The number of fused-ring (bicyclic) bond motifs is 2. The Hall–Kier alpha value is -7.20. The summed E-state index contributed by atoms with van der Waals surface area (Å²) in [6, 6.07) is 4.15. The van der Waals surface area contributed by atoms with Crippen LogP contribution in [0.1, 0.15) is 94.0 Å². The summed E-state index contributed by atoms with van der Waals surface area (Å²) < 4.78 is 39.1. The van der Waals surface area contributed by atoms with E-state index in [2.05, 4.69) is 32.5 Å². The molecule has 3 aromatic heterocycles. The number of rotatable bonds is 17. The topological polar surface area (TPSA) is 241 Å². The van der Waals surface area contributed by atoms with E-state index >= 15 is 0 Å². The second-order valence-electron chi connectivity index (χ2n) is 15.8. The normalized spacial score (nSPS) is 17.8. The third kappa shape index (κ3) is 10.3. The second kappa shape index (κ2) is 20.7. The van der Waals surface area contributed by atoms with Crippen molar-refractivity contribution in [2.24, 2.45) is 21.1 Å². The van der Waals surface area contributed by atoms with Gasteiger partial charge in [0.05, 0.1) is 43.3 Å². The number of nitrogens with zero attached hydrogens (tertiary/aromatic N) is 7. The Bertz CT molecular complexity index is 2490. The van der Waals surface area contributed by atoms with Crippen molar-refractivity contribution in [1.29, 1.82) is 0 Å². The first-order valence-electron chi connectivity index (χ1n) is 21.6. The van der Waals surface area contributed by atoms with Crippen molar-refractivity contribution in [3.63, 3.8) is 0 Å². The van der Waals surface area contributed by atoms with Gasteiger partial charge in [-0.05, 0) is 57.6 Å². The third-order valence-electron chi connectivity index (χ3n) is 11.1. The van der Waals surface area contributed by atoms with Crippen molar-refractivity contribution in [1.82, 2.24) is 28.6 Å². The molecular formula is C44H54N10O12. The van der Waals surface area contributed by atoms with Gasteiger partial charge in [-0.15, -0.1) is 0 Å². The summed E-state index contributed by atoms with van der Waals surface area (Å²) in [6.45, 7) is 6.51. The number of anilines is 4. The van der Waals surface area contributed by atoms with Crippen molar-refractivity contribution in [3.05, 3.63) is 72.4 Å². The molecule has 7 rings (SSSR count). The highest BCUT2D eigenvalue weighted by atomic mass is 16.7. The molecule has 0 radical (unpaired) electrons. The van der Waals surface area contributed by atoms with Crippen LogP contribution in [0.3, 0.4) is 0 Å². The van der Waals surface area contributed by atoms with Gasteiger partial charge in [0, 0.05) is 65.4 Å². The molecule has 2 fully saturated rings. The molecule has 3 atom stereocenters. The molecular weight excluding hydrogens is 861 g/mol. The zero-order chi connectivity index (χ0) is 47.1. The number of amides is 5. The quantitative estimate of drug-likeness (QED) is 0.0746. The van der Waals surface area contributed by atoms with Crippen LogP contribution in [-0.4, -0.2) is 123 Å². The largest absolute Gasteiger partial charge is 0.493 e. The van der Waals surface area contributed by atoms with Crippen molar-refractivity contribution < 1.29 is 57.2 Å². The Morgan fingerprint density at radius 1 is 0.879 bits per heavy atom. The molecule has 2 saturated heterocycles. The molecule has 2 unspecified atom stereocenters. The maximum atomic E-state index is 14.1. The first-order valence-corrected chi connectivity index (χ1v) is 21.6. The summed E-state index contributed by atoms with van der Waals surface area (Å²) in [6.07, 6.45) is 7.81. The van der Waals surface area contributed by atoms with Crippen LogP contribution >= 0.6 is 0 Å². The van der Waals surface area contributed by atoms with Gasteiger partial charge in [0.2, 0.25) is 17.6 Å². The number of benzene rings is 1. The molecule has 0 aliphatic carbocycles. The lowest BCUT2D eigenvalue weighted by Crippen LogP contribution is -2.54. The van der Waals surface area contributed by atoms with Crippen LogP contribution in [0.15, 0.2) is 49.4 Å². The van der Waals surface area contributed by atoms with Crippen LogP contribution in [0.2, 0.25) is 0 Å². The lowest BCUT2D eigenvalue weighted by molar-refractivity contribution is -0.195. The molecule has 3 N–H and O–H groups in total. The number of esters is 1. The lowest BCUT2D eigenvalue weighted by atomic mass is 10.1. The zero-order valence-corrected chi connectivity index (χ0v) is 37.5. The van der Waals surface area contributed by atoms with Crippen LogP contribution in [0, 0.1) is 0 Å². The first-order chi connectivity index (χ1) is 31.8. The van der Waals surface area contributed by atoms with Crippen LogP contribution in [-0.2, 0) is 44.9 Å². The zero-order valence-electron chi connectivity index (χ0n) is 37.5. The predicted octanol–water partition coefficient (Wildman–Crippen LogP) is 4.60. The third-order valence-corrected chi connectivity index (χ3v) is 11.1. The van der Waals surface area contributed by atoms with E-state index in [0.717, 1.165) is 19.3 Å². The number of ether oxygens (including phenoxy) is 6. The number of hydrogen-bond acceptors (Lipinski definition) is 14. The number of methoxy groups -OCH3 is 1. The number of imidazole rings is 2. The van der Waals surface area contributed by atoms with E-state index in [1.54, 1.807) is 51.3 Å². The number of hydrogen-bond donors (Lipinski definition) is 3. The monoisotopic (exact) mass is 914 g/mol. The highest BCUT2D eigenvalue weighted by Crippen LogP contribution is 2.42. The average Bonchev–Trinajstić information content (AvgIpc) is 4.09. The number of aryl methyl sites for hydroxylation is 3. The predicted molar refractivity (Wildman–Crippen MR) is 237 cm³/mol. The molecule has 5 amide bonds. The van der Waals surface area contributed by atoms with Crippen LogP contribution in [0.4, 0.5) is 27.8 Å². The molecule has 3 aliphatic heterocycles. The average molecular weight is 915 g/mol. The lowest BCUT2D eigenvalue weighted by Gasteiger charge is -2.38. The molecule has 6 heterocycles. The SMILES string of the molecule is C=CCOC(=O)N1c2cc(OCCCC(=O)Nc3cc(C(=O)Nc4cn(C)c(C(=O)Nc5cn(C)c(C(=O)OCC)n5)n4)n(C)c3)c(OC)cc2C(=O)N2CCC[C@H]2C1OC1CCCCO1. The van der Waals surface area contributed by atoms with Crippen molar-refractivity contribution in [2.45, 2.75) is 70.4 Å². The molecule has 22 heteroatoms. The molecule has 22 nitrogen and oxygen atoms in total. The minimum absolute atomic E-state index is 0.00948. The summed E-state index contributed by atoms with van der Waals surface area (Å²) in [7, 11) is 6.25. The van der Waals surface area contributed by atoms with Gasteiger partial charge in [0.25, 0.3) is 17.7 Å². The molecule has 0 spiro atoms. The highest BCUT2D eigenvalue weighted by molar-refractivity contribution is 6.07. The Morgan fingerprint density at radius 3 is 2.33 bits per heavy atom. The van der Waals surface area contributed by atoms with Crippen LogP contribution in [0.25, 0.3) is 0 Å². The summed E-state index contributed by atoms with van der Waals surface area (Å²) in [5.74, 6) is -1.79. The molecule has 0 saturated carbocycles. The summed E-state index contributed by atoms with van der Waals surface area (Å²) in [5, 5.41) is 8.06. The number of aromatic nitrogens is 5. The minimum Gasteiger partial charge on any atom is -0.493 e. The van der Waals surface area contributed by atoms with E-state index in [1.807, 2.05) is 0 Å². The minimum atomic E-state index is -0.914. The van der Waals surface area contributed by atoms with Gasteiger partial charge in [0.15, 0.2) is 35.7 Å². The van der Waals surface area contributed by atoms with Gasteiger partial charge in [-0.2, -0.15) is 0 Å². The number of nitrogens with one attached hydrogen (secondary N) is 3. The standard InChI is InChI=1S/C44H54N10O12/c1-7-17-65-44(60)54-29-22-32(31(61-6)21-27(29)41(58)53-16-11-13-28(53)42(54)66-36-15-9-10-18-64-36)63-19-12-14-35(55)45-26-20-30(50(3)23-26)39(56)48-33-24-51(4)37(46-33)40(57)49-34-25-52(5)38(47-34)43(59)62-8-2/h7,20-25,28,36,42H,1,8-19H2,2-6H3,(H,45,55)(H,48,56)(H,49,57)/t28-,36?,42?/m0/s1. The van der Waals surface area contributed by atoms with Gasteiger partial charge in [0.1, 0.15) is 12.3 Å². The molecule has 4 aromatic rings. The first kappa shape index (κ1) is 46.8. The van der Waals surface area contributed by atoms with Gasteiger partial charge in [-0.1, -0.05) is 12.7 Å².